The van der Waals surface area contributed by atoms with Gasteiger partial charge in [0.2, 0.25) is 0 Å². The summed E-state index contributed by atoms with van der Waals surface area (Å²) in [5.74, 6) is 1.62. The van der Waals surface area contributed by atoms with Gasteiger partial charge in [0, 0.05) is 13.1 Å². The normalized spacial score (nSPS) is 19.3. The molecular formula is C17H25FIN3. The van der Waals surface area contributed by atoms with Crippen molar-refractivity contribution in [2.45, 2.75) is 39.2 Å². The zero-order valence-electron chi connectivity index (χ0n) is 13.1. The predicted molar refractivity (Wildman–Crippen MR) is 99.0 cm³/mol. The Morgan fingerprint density at radius 3 is 2.45 bits per heavy atom. The topological polar surface area (TPSA) is 36.4 Å². The molecule has 2 saturated carbocycles. The molecule has 0 bridgehead atoms. The van der Waals surface area contributed by atoms with Gasteiger partial charge in [-0.25, -0.2) is 9.38 Å². The molecule has 0 atom stereocenters. The molecule has 0 aromatic heterocycles. The minimum Gasteiger partial charge on any atom is -0.357 e. The Balaban J connectivity index is 0.00000176. The maximum absolute atomic E-state index is 12.9. The Labute approximate surface area is 149 Å². The number of hydrogen-bond acceptors (Lipinski definition) is 1. The molecule has 1 aromatic rings. The van der Waals surface area contributed by atoms with Gasteiger partial charge in [0.05, 0.1) is 6.54 Å². The Morgan fingerprint density at radius 1 is 1.23 bits per heavy atom. The van der Waals surface area contributed by atoms with E-state index < -0.39 is 0 Å². The van der Waals surface area contributed by atoms with E-state index in [-0.39, 0.29) is 29.8 Å². The molecule has 0 spiro atoms. The van der Waals surface area contributed by atoms with Gasteiger partial charge < -0.3 is 10.6 Å². The monoisotopic (exact) mass is 417 g/mol. The van der Waals surface area contributed by atoms with Crippen LogP contribution in [0.15, 0.2) is 29.3 Å². The lowest BCUT2D eigenvalue weighted by molar-refractivity contribution is 0.431. The van der Waals surface area contributed by atoms with E-state index in [2.05, 4.69) is 22.5 Å². The first-order valence-corrected chi connectivity index (χ1v) is 7.98. The molecule has 0 saturated heterocycles. The molecule has 0 amide bonds. The van der Waals surface area contributed by atoms with E-state index in [1.807, 2.05) is 0 Å². The van der Waals surface area contributed by atoms with E-state index in [1.54, 1.807) is 12.1 Å². The van der Waals surface area contributed by atoms with Crippen molar-refractivity contribution in [1.29, 1.82) is 0 Å². The average molecular weight is 417 g/mol. The van der Waals surface area contributed by atoms with Gasteiger partial charge in [-0.3, -0.25) is 0 Å². The Morgan fingerprint density at radius 2 is 1.91 bits per heavy atom. The van der Waals surface area contributed by atoms with Gasteiger partial charge in [-0.15, -0.1) is 24.0 Å². The third kappa shape index (κ3) is 4.57. The summed E-state index contributed by atoms with van der Waals surface area (Å²) in [4.78, 5) is 4.60. The molecular weight excluding hydrogens is 392 g/mol. The van der Waals surface area contributed by atoms with Gasteiger partial charge in [0.25, 0.3) is 0 Å². The van der Waals surface area contributed by atoms with E-state index in [0.29, 0.717) is 12.0 Å². The van der Waals surface area contributed by atoms with E-state index in [0.717, 1.165) is 30.5 Å². The average Bonchev–Trinajstić information content (AvgIpc) is 3.37. The van der Waals surface area contributed by atoms with E-state index in [9.17, 15) is 4.39 Å². The summed E-state index contributed by atoms with van der Waals surface area (Å²) in [6.45, 7) is 4.54. The van der Waals surface area contributed by atoms with Crippen LogP contribution in [0.4, 0.5) is 4.39 Å². The van der Waals surface area contributed by atoms with E-state index in [1.165, 1.54) is 37.8 Å². The van der Waals surface area contributed by atoms with Gasteiger partial charge in [-0.05, 0) is 61.6 Å². The molecule has 3 rings (SSSR count). The second-order valence-corrected chi connectivity index (χ2v) is 6.31. The number of hydrogen-bond donors (Lipinski definition) is 2. The van der Waals surface area contributed by atoms with Crippen molar-refractivity contribution in [2.24, 2.45) is 16.3 Å². The van der Waals surface area contributed by atoms with Crippen LogP contribution in [0.3, 0.4) is 0 Å². The van der Waals surface area contributed by atoms with Crippen molar-refractivity contribution in [1.82, 2.24) is 10.6 Å². The van der Waals surface area contributed by atoms with Gasteiger partial charge in [0.1, 0.15) is 5.82 Å². The number of guanidine groups is 1. The molecule has 0 radical (unpaired) electrons. The molecule has 0 heterocycles. The van der Waals surface area contributed by atoms with Crippen LogP contribution in [0.25, 0.3) is 0 Å². The maximum atomic E-state index is 12.9. The highest BCUT2D eigenvalue weighted by atomic mass is 127. The van der Waals surface area contributed by atoms with Crippen molar-refractivity contribution in [3.63, 3.8) is 0 Å². The third-order valence-electron chi connectivity index (χ3n) is 4.62. The van der Waals surface area contributed by atoms with E-state index in [4.69, 9.17) is 0 Å². The van der Waals surface area contributed by atoms with Crippen molar-refractivity contribution in [2.75, 3.05) is 13.1 Å². The molecule has 2 aliphatic rings. The van der Waals surface area contributed by atoms with Crippen molar-refractivity contribution in [3.8, 4) is 0 Å². The fraction of sp³-hybridized carbons (Fsp3) is 0.588. The number of rotatable bonds is 6. The maximum Gasteiger partial charge on any atom is 0.191 e. The lowest BCUT2D eigenvalue weighted by atomic mass is 10.0. The fourth-order valence-corrected chi connectivity index (χ4v) is 2.95. The van der Waals surface area contributed by atoms with Crippen molar-refractivity contribution < 1.29 is 4.39 Å². The van der Waals surface area contributed by atoms with Gasteiger partial charge in [0.15, 0.2) is 5.96 Å². The Bertz CT molecular complexity index is 507. The van der Waals surface area contributed by atoms with Crippen LogP contribution in [-0.4, -0.2) is 19.0 Å². The summed E-state index contributed by atoms with van der Waals surface area (Å²) in [6.07, 6.45) is 5.54. The number of aliphatic imine (C=N–C) groups is 1. The molecule has 2 fully saturated rings. The van der Waals surface area contributed by atoms with Crippen LogP contribution in [0.2, 0.25) is 0 Å². The molecule has 3 nitrogen and oxygen atoms in total. The van der Waals surface area contributed by atoms with Crippen LogP contribution in [0.1, 0.15) is 38.2 Å². The second kappa shape index (κ2) is 7.62. The lowest BCUT2D eigenvalue weighted by Gasteiger charge is -2.18. The van der Waals surface area contributed by atoms with Gasteiger partial charge in [-0.1, -0.05) is 12.1 Å². The molecule has 22 heavy (non-hydrogen) atoms. The molecule has 2 aliphatic carbocycles. The lowest BCUT2D eigenvalue weighted by Crippen LogP contribution is -2.40. The summed E-state index contributed by atoms with van der Waals surface area (Å²) in [7, 11) is 0. The fourth-order valence-electron chi connectivity index (χ4n) is 2.95. The SMILES string of the molecule is CCNC(=NCc1ccc(F)cc1)NCC1(C2CC2)CC1.I. The highest BCUT2D eigenvalue weighted by molar-refractivity contribution is 14.0. The standard InChI is InChI=1S/C17H24FN3.HI/c1-2-19-16(20-11-13-3-7-15(18)8-4-13)21-12-17(9-10-17)14-5-6-14;/h3-4,7-8,14H,2,5-6,9-12H2,1H3,(H2,19,20,21);1H. The third-order valence-corrected chi connectivity index (χ3v) is 4.62. The summed E-state index contributed by atoms with van der Waals surface area (Å²) in [6, 6.07) is 6.54. The van der Waals surface area contributed by atoms with Crippen LogP contribution in [0, 0.1) is 17.2 Å². The van der Waals surface area contributed by atoms with E-state index >= 15 is 0 Å². The minimum atomic E-state index is -0.201. The van der Waals surface area contributed by atoms with Crippen molar-refractivity contribution in [3.05, 3.63) is 35.6 Å². The van der Waals surface area contributed by atoms with Crippen LogP contribution >= 0.6 is 24.0 Å². The Kier molecular flexibility index (Phi) is 6.06. The molecule has 1 aromatic carbocycles. The number of nitrogens with one attached hydrogen (secondary N) is 2. The second-order valence-electron chi connectivity index (χ2n) is 6.31. The molecule has 0 aliphatic heterocycles. The predicted octanol–water partition coefficient (Wildman–Crippen LogP) is 3.69. The summed E-state index contributed by atoms with van der Waals surface area (Å²) in [5, 5.41) is 6.78. The minimum absolute atomic E-state index is 0. The Hall–Kier alpha value is -0.850. The number of benzene rings is 1. The summed E-state index contributed by atoms with van der Waals surface area (Å²) in [5.41, 5.74) is 1.59. The highest BCUT2D eigenvalue weighted by Crippen LogP contribution is 2.60. The number of nitrogens with zero attached hydrogens (tertiary/aromatic N) is 1. The zero-order valence-corrected chi connectivity index (χ0v) is 15.4. The van der Waals surface area contributed by atoms with Crippen LogP contribution in [0.5, 0.6) is 0 Å². The van der Waals surface area contributed by atoms with Gasteiger partial charge in [-0.2, -0.15) is 0 Å². The molecule has 0 unspecified atom stereocenters. The first kappa shape index (κ1) is 17.5. The first-order valence-electron chi connectivity index (χ1n) is 7.98. The smallest absolute Gasteiger partial charge is 0.191 e. The highest BCUT2D eigenvalue weighted by Gasteiger charge is 2.53. The van der Waals surface area contributed by atoms with Gasteiger partial charge >= 0.3 is 0 Å². The molecule has 2 N–H and O–H groups in total. The number of halogens is 2. The largest absolute Gasteiger partial charge is 0.357 e. The van der Waals surface area contributed by atoms with Crippen molar-refractivity contribution >= 4 is 29.9 Å². The first-order chi connectivity index (χ1) is 10.2. The quantitative estimate of drug-likeness (QED) is 0.421. The summed E-state index contributed by atoms with van der Waals surface area (Å²) >= 11 is 0. The molecule has 122 valence electrons. The zero-order chi connectivity index (χ0) is 14.7. The van der Waals surface area contributed by atoms with Crippen LogP contribution in [-0.2, 0) is 6.54 Å². The molecule has 5 heteroatoms. The summed E-state index contributed by atoms with van der Waals surface area (Å²) < 4.78 is 12.9. The van der Waals surface area contributed by atoms with Crippen LogP contribution < -0.4 is 10.6 Å².